The number of sulfone groups is 1. The summed E-state index contributed by atoms with van der Waals surface area (Å²) in [5, 5.41) is 21.1. The molecule has 0 radical (unpaired) electrons. The molecule has 1 saturated carbocycles. The van der Waals surface area contributed by atoms with Crippen LogP contribution >= 0.6 is 11.6 Å². The lowest BCUT2D eigenvalue weighted by molar-refractivity contribution is -0.207. The van der Waals surface area contributed by atoms with Gasteiger partial charge in [-0.15, -0.1) is 10.2 Å². The molecule has 4 heterocycles. The van der Waals surface area contributed by atoms with Crippen LogP contribution in [0.3, 0.4) is 0 Å². The standard InChI is InChI=1S/C28H26ClF4N9O6S/c29-16-3-1-15(2-4-16)23-38-41(27(46)40(23)13-21(43)28(31,32)33)14-22-36-24(26(45)39-7-9-49(47,48)10-8-39)42(37-22)20-12-34-6-5-17(20)25(44)35-19-11-18(19)30/h1-6,12,18-19,21,43H,7-11,13-14H2,(H,35,44)/t18?,19?,21-/m0/s1. The number of benzene rings is 1. The van der Waals surface area contributed by atoms with Crippen molar-refractivity contribution in [3.8, 4) is 17.1 Å². The fourth-order valence-electron chi connectivity index (χ4n) is 5.02. The Labute approximate surface area is 279 Å². The molecule has 1 saturated heterocycles. The Morgan fingerprint density at radius 3 is 2.41 bits per heavy atom. The molecule has 15 nitrogen and oxygen atoms in total. The number of aromatic nitrogens is 7. The lowest BCUT2D eigenvalue weighted by Gasteiger charge is -2.26. The minimum Gasteiger partial charge on any atom is -0.382 e. The quantitative estimate of drug-likeness (QED) is 0.236. The topological polar surface area (TPSA) is 187 Å². The Hall–Kier alpha value is -4.69. The van der Waals surface area contributed by atoms with Gasteiger partial charge in [0.2, 0.25) is 5.82 Å². The number of rotatable bonds is 9. The molecular formula is C28H26ClF4N9O6S. The first-order valence-corrected chi connectivity index (χ1v) is 16.8. The molecular weight excluding hydrogens is 702 g/mol. The lowest BCUT2D eigenvalue weighted by atomic mass is 10.2. The summed E-state index contributed by atoms with van der Waals surface area (Å²) in [5.41, 5.74) is -1.00. The monoisotopic (exact) mass is 727 g/mol. The Morgan fingerprint density at radius 1 is 1.10 bits per heavy atom. The van der Waals surface area contributed by atoms with Gasteiger partial charge < -0.3 is 15.3 Å². The van der Waals surface area contributed by atoms with Gasteiger partial charge in [0.25, 0.3) is 11.8 Å². The van der Waals surface area contributed by atoms with E-state index in [1.807, 2.05) is 0 Å². The van der Waals surface area contributed by atoms with E-state index in [0.29, 0.717) is 9.59 Å². The van der Waals surface area contributed by atoms with Crippen LogP contribution in [-0.4, -0.2) is 113 Å². The summed E-state index contributed by atoms with van der Waals surface area (Å²) in [6.45, 7) is -2.12. The number of pyridine rings is 1. The van der Waals surface area contributed by atoms with E-state index in [1.54, 1.807) is 0 Å². The van der Waals surface area contributed by atoms with Gasteiger partial charge in [-0.3, -0.25) is 19.1 Å². The molecule has 49 heavy (non-hydrogen) atoms. The number of alkyl halides is 4. The predicted octanol–water partition coefficient (Wildman–Crippen LogP) is 1.02. The first-order chi connectivity index (χ1) is 23.1. The molecule has 2 fully saturated rings. The van der Waals surface area contributed by atoms with Gasteiger partial charge in [-0.2, -0.15) is 13.2 Å². The highest BCUT2D eigenvalue weighted by Crippen LogP contribution is 2.27. The summed E-state index contributed by atoms with van der Waals surface area (Å²) in [6, 6.07) is 6.28. The number of halogens is 5. The summed E-state index contributed by atoms with van der Waals surface area (Å²) in [7, 11) is -3.38. The number of carbonyl (C=O) groups is 2. The van der Waals surface area contributed by atoms with Crippen molar-refractivity contribution >= 4 is 33.3 Å². The van der Waals surface area contributed by atoms with Crippen molar-refractivity contribution in [2.75, 3.05) is 24.6 Å². The van der Waals surface area contributed by atoms with Crippen LogP contribution in [0.4, 0.5) is 17.6 Å². The van der Waals surface area contributed by atoms with Crippen LogP contribution in [0.15, 0.2) is 47.5 Å². The number of aliphatic hydroxyl groups is 1. The average molecular weight is 728 g/mol. The number of aliphatic hydroxyl groups excluding tert-OH is 1. The zero-order chi connectivity index (χ0) is 35.2. The third-order valence-electron chi connectivity index (χ3n) is 7.83. The second-order valence-corrected chi connectivity index (χ2v) is 14.1. The zero-order valence-corrected chi connectivity index (χ0v) is 26.7. The number of nitrogens with one attached hydrogen (secondary N) is 1. The van der Waals surface area contributed by atoms with Crippen LogP contribution in [0.25, 0.3) is 17.1 Å². The van der Waals surface area contributed by atoms with Gasteiger partial charge in [-0.25, -0.2) is 32.0 Å². The maximum atomic E-state index is 13.7. The Kier molecular flexibility index (Phi) is 9.05. The van der Waals surface area contributed by atoms with Crippen molar-refractivity contribution in [2.45, 2.75) is 44.0 Å². The SMILES string of the molecule is O=C(NC1CC1F)c1ccncc1-n1nc(Cn2nc(-c3ccc(Cl)cc3)n(C[C@H](O)C(F)(F)F)c2=O)nc1C(=O)N1CCS(=O)(=O)CC1. The third-order valence-corrected chi connectivity index (χ3v) is 9.69. The minimum absolute atomic E-state index is 0.0594. The molecule has 2 unspecified atom stereocenters. The van der Waals surface area contributed by atoms with Crippen LogP contribution in [0.2, 0.25) is 5.02 Å². The predicted molar refractivity (Wildman–Crippen MR) is 163 cm³/mol. The highest BCUT2D eigenvalue weighted by Gasteiger charge is 2.40. The van der Waals surface area contributed by atoms with Crippen LogP contribution < -0.4 is 11.0 Å². The first kappa shape index (κ1) is 34.2. The molecule has 1 aromatic carbocycles. The van der Waals surface area contributed by atoms with Crippen LogP contribution in [0.1, 0.15) is 33.2 Å². The molecule has 0 bridgehead atoms. The number of amides is 2. The maximum absolute atomic E-state index is 13.7. The smallest absolute Gasteiger partial charge is 0.382 e. The zero-order valence-electron chi connectivity index (χ0n) is 25.1. The van der Waals surface area contributed by atoms with E-state index < -0.39 is 70.7 Å². The molecule has 21 heteroatoms. The van der Waals surface area contributed by atoms with Gasteiger partial charge in [0, 0.05) is 36.3 Å². The van der Waals surface area contributed by atoms with Crippen molar-refractivity contribution in [1.82, 2.24) is 44.3 Å². The fraction of sp³-hybridized carbons (Fsp3) is 0.393. The molecule has 4 aromatic rings. The lowest BCUT2D eigenvalue weighted by Crippen LogP contribution is -2.44. The first-order valence-electron chi connectivity index (χ1n) is 14.6. The molecule has 1 aliphatic heterocycles. The molecule has 3 aromatic heterocycles. The number of hydrogen-bond acceptors (Lipinski definition) is 10. The van der Waals surface area contributed by atoms with Crippen molar-refractivity contribution in [3.63, 3.8) is 0 Å². The highest BCUT2D eigenvalue weighted by molar-refractivity contribution is 7.91. The molecule has 2 N–H and O–H groups in total. The Bertz CT molecular complexity index is 2070. The number of hydrogen-bond donors (Lipinski definition) is 2. The molecule has 2 aliphatic rings. The normalized spacial score (nSPS) is 19.4. The Balaban J connectivity index is 1.41. The molecule has 2 amide bonds. The van der Waals surface area contributed by atoms with Crippen LogP contribution in [0.5, 0.6) is 0 Å². The fourth-order valence-corrected chi connectivity index (χ4v) is 6.35. The summed E-state index contributed by atoms with van der Waals surface area (Å²) < 4.78 is 79.9. The molecule has 260 valence electrons. The van der Waals surface area contributed by atoms with Gasteiger partial charge in [-0.05, 0) is 30.3 Å². The largest absolute Gasteiger partial charge is 0.416 e. The molecule has 0 spiro atoms. The number of nitrogens with zero attached hydrogens (tertiary/aromatic N) is 8. The van der Waals surface area contributed by atoms with Crippen molar-refractivity contribution in [1.29, 1.82) is 0 Å². The van der Waals surface area contributed by atoms with Gasteiger partial charge >= 0.3 is 11.9 Å². The molecule has 3 atom stereocenters. The Morgan fingerprint density at radius 2 is 1.78 bits per heavy atom. The van der Waals surface area contributed by atoms with E-state index in [2.05, 4.69) is 25.5 Å². The average Bonchev–Trinajstić information content (AvgIpc) is 3.44. The molecule has 6 rings (SSSR count). The summed E-state index contributed by atoms with van der Waals surface area (Å²) in [6.07, 6.45) is -6.58. The van der Waals surface area contributed by atoms with Gasteiger partial charge in [0.1, 0.15) is 12.7 Å². The van der Waals surface area contributed by atoms with Crippen molar-refractivity contribution in [2.24, 2.45) is 0 Å². The van der Waals surface area contributed by atoms with E-state index in [4.69, 9.17) is 11.6 Å². The second-order valence-electron chi connectivity index (χ2n) is 11.4. The van der Waals surface area contributed by atoms with Crippen molar-refractivity contribution in [3.05, 3.63) is 75.4 Å². The summed E-state index contributed by atoms with van der Waals surface area (Å²) >= 11 is 5.95. The van der Waals surface area contributed by atoms with Crippen LogP contribution in [0, 0.1) is 0 Å². The van der Waals surface area contributed by atoms with E-state index in [0.717, 1.165) is 9.36 Å². The third kappa shape index (κ3) is 7.35. The van der Waals surface area contributed by atoms with Gasteiger partial charge in [0.15, 0.2) is 27.6 Å². The summed E-state index contributed by atoms with van der Waals surface area (Å²) in [5.74, 6) is -2.99. The van der Waals surface area contributed by atoms with Gasteiger partial charge in [0.05, 0.1) is 41.5 Å². The number of carbonyl (C=O) groups excluding carboxylic acids is 2. The summed E-state index contributed by atoms with van der Waals surface area (Å²) in [4.78, 5) is 49.8. The minimum atomic E-state index is -5.06. The highest BCUT2D eigenvalue weighted by atomic mass is 35.5. The van der Waals surface area contributed by atoms with E-state index in [9.17, 15) is 45.5 Å². The molecule has 1 aliphatic carbocycles. The van der Waals surface area contributed by atoms with E-state index in [1.165, 1.54) is 47.6 Å². The van der Waals surface area contributed by atoms with Crippen molar-refractivity contribution < 1.29 is 40.7 Å². The van der Waals surface area contributed by atoms with E-state index >= 15 is 0 Å². The van der Waals surface area contributed by atoms with Gasteiger partial charge in [-0.1, -0.05) is 11.6 Å². The van der Waals surface area contributed by atoms with Crippen LogP contribution in [-0.2, 0) is 22.9 Å². The maximum Gasteiger partial charge on any atom is 0.416 e. The second kappa shape index (κ2) is 13.0. The van der Waals surface area contributed by atoms with E-state index in [-0.39, 0.29) is 59.5 Å².